The van der Waals surface area contributed by atoms with Gasteiger partial charge in [0, 0.05) is 0 Å². The molecule has 1 heteroatoms. The second-order valence-electron chi connectivity index (χ2n) is 6.11. The van der Waals surface area contributed by atoms with Crippen molar-refractivity contribution in [1.29, 1.82) is 0 Å². The van der Waals surface area contributed by atoms with E-state index in [4.69, 9.17) is 0 Å². The van der Waals surface area contributed by atoms with Crippen molar-refractivity contribution in [2.45, 2.75) is 51.9 Å². The molecule has 1 aliphatic carbocycles. The zero-order valence-corrected chi connectivity index (χ0v) is 13.0. The quantitative estimate of drug-likeness (QED) is 0.723. The molecule has 0 bridgehead atoms. The van der Waals surface area contributed by atoms with Gasteiger partial charge in [-0.25, -0.2) is 4.39 Å². The van der Waals surface area contributed by atoms with Gasteiger partial charge in [0.1, 0.15) is 5.82 Å². The number of aryl methyl sites for hydroxylation is 3. The minimum atomic E-state index is -0.0204. The first-order valence-corrected chi connectivity index (χ1v) is 8.10. The monoisotopic (exact) mass is 282 g/mol. The molecule has 2 aromatic rings. The summed E-state index contributed by atoms with van der Waals surface area (Å²) in [7, 11) is 0. The summed E-state index contributed by atoms with van der Waals surface area (Å²) >= 11 is 0. The molecule has 0 spiro atoms. The fourth-order valence-electron chi connectivity index (χ4n) is 3.42. The third-order valence-corrected chi connectivity index (χ3v) is 4.82. The molecule has 3 rings (SSSR count). The fourth-order valence-corrected chi connectivity index (χ4v) is 3.42. The van der Waals surface area contributed by atoms with Crippen LogP contribution >= 0.6 is 0 Å². The lowest BCUT2D eigenvalue weighted by Crippen LogP contribution is -2.14. The highest BCUT2D eigenvalue weighted by atomic mass is 19.1. The number of hydrogen-bond acceptors (Lipinski definition) is 0. The first-order chi connectivity index (χ1) is 10.2. The van der Waals surface area contributed by atoms with Crippen LogP contribution in [0.4, 0.5) is 4.39 Å². The molecule has 0 nitrogen and oxygen atoms in total. The lowest BCUT2D eigenvalue weighted by molar-refractivity contribution is 0.533. The maximum absolute atomic E-state index is 14.3. The molecule has 21 heavy (non-hydrogen) atoms. The van der Waals surface area contributed by atoms with Gasteiger partial charge in [-0.15, -0.1) is 0 Å². The van der Waals surface area contributed by atoms with Crippen LogP contribution in [0.5, 0.6) is 0 Å². The Labute approximate surface area is 127 Å². The van der Waals surface area contributed by atoms with Crippen molar-refractivity contribution < 1.29 is 4.39 Å². The number of halogens is 1. The van der Waals surface area contributed by atoms with Gasteiger partial charge in [0.05, 0.1) is 0 Å². The lowest BCUT2D eigenvalue weighted by Gasteiger charge is -2.26. The smallest absolute Gasteiger partial charge is 0.126 e. The summed E-state index contributed by atoms with van der Waals surface area (Å²) in [6, 6.07) is 12.6. The van der Waals surface area contributed by atoms with Crippen molar-refractivity contribution >= 4 is 0 Å². The van der Waals surface area contributed by atoms with Crippen LogP contribution in [0, 0.1) is 5.82 Å². The summed E-state index contributed by atoms with van der Waals surface area (Å²) in [5.74, 6) is 0.309. The Morgan fingerprint density at radius 1 is 0.952 bits per heavy atom. The van der Waals surface area contributed by atoms with Crippen molar-refractivity contribution in [3.63, 3.8) is 0 Å². The average molecular weight is 282 g/mol. The van der Waals surface area contributed by atoms with Gasteiger partial charge in [-0.3, -0.25) is 0 Å². The fraction of sp³-hybridized carbons (Fsp3) is 0.400. The molecule has 0 saturated heterocycles. The van der Waals surface area contributed by atoms with Gasteiger partial charge < -0.3 is 0 Å². The second-order valence-corrected chi connectivity index (χ2v) is 6.11. The average Bonchev–Trinajstić information content (AvgIpc) is 2.53. The Morgan fingerprint density at radius 2 is 1.67 bits per heavy atom. The molecular formula is C20H23F. The summed E-state index contributed by atoms with van der Waals surface area (Å²) in [6.45, 7) is 4.26. The molecule has 0 amide bonds. The van der Waals surface area contributed by atoms with Gasteiger partial charge in [0.2, 0.25) is 0 Å². The summed E-state index contributed by atoms with van der Waals surface area (Å²) < 4.78 is 14.3. The molecule has 110 valence electrons. The van der Waals surface area contributed by atoms with Gasteiger partial charge >= 0.3 is 0 Å². The molecule has 0 fully saturated rings. The van der Waals surface area contributed by atoms with Crippen molar-refractivity contribution in [2.75, 3.05) is 0 Å². The van der Waals surface area contributed by atoms with Crippen LogP contribution in [-0.2, 0) is 25.7 Å². The highest BCUT2D eigenvalue weighted by molar-refractivity contribution is 5.38. The topological polar surface area (TPSA) is 0 Å². The molecule has 0 heterocycles. The van der Waals surface area contributed by atoms with E-state index < -0.39 is 0 Å². The van der Waals surface area contributed by atoms with Crippen LogP contribution in [0.15, 0.2) is 36.4 Å². The van der Waals surface area contributed by atoms with Gasteiger partial charge in [-0.05, 0) is 71.9 Å². The largest absolute Gasteiger partial charge is 0.207 e. The van der Waals surface area contributed by atoms with Crippen LogP contribution in [0.1, 0.15) is 54.0 Å². The molecule has 0 aliphatic heterocycles. The number of hydrogen-bond donors (Lipinski definition) is 0. The Bertz CT molecular complexity index is 642. The van der Waals surface area contributed by atoms with Gasteiger partial charge in [0.25, 0.3) is 0 Å². The Hall–Kier alpha value is -1.63. The van der Waals surface area contributed by atoms with Crippen molar-refractivity contribution in [3.05, 3.63) is 70.0 Å². The third-order valence-electron chi connectivity index (χ3n) is 4.82. The van der Waals surface area contributed by atoms with E-state index >= 15 is 0 Å². The van der Waals surface area contributed by atoms with Crippen LogP contribution in [-0.4, -0.2) is 0 Å². The Morgan fingerprint density at radius 3 is 2.38 bits per heavy atom. The zero-order chi connectivity index (χ0) is 14.8. The van der Waals surface area contributed by atoms with Gasteiger partial charge in [0.15, 0.2) is 0 Å². The van der Waals surface area contributed by atoms with Crippen molar-refractivity contribution in [1.82, 2.24) is 0 Å². The van der Waals surface area contributed by atoms with E-state index in [9.17, 15) is 4.39 Å². The predicted octanol–water partition coefficient (Wildman–Crippen LogP) is 5.22. The molecule has 0 N–H and O–H groups in total. The molecule has 2 aromatic carbocycles. The third kappa shape index (κ3) is 2.88. The van der Waals surface area contributed by atoms with Crippen LogP contribution < -0.4 is 0 Å². The summed E-state index contributed by atoms with van der Waals surface area (Å²) in [5, 5.41) is 0. The molecule has 1 aliphatic rings. The minimum Gasteiger partial charge on any atom is -0.207 e. The molecule has 1 unspecified atom stereocenters. The van der Waals surface area contributed by atoms with Crippen LogP contribution in [0.25, 0.3) is 0 Å². The predicted molar refractivity (Wildman–Crippen MR) is 86.4 cm³/mol. The summed E-state index contributed by atoms with van der Waals surface area (Å²) in [6.07, 6.45) is 5.08. The van der Waals surface area contributed by atoms with E-state index in [2.05, 4.69) is 38.1 Å². The number of rotatable bonds is 3. The molecule has 0 aromatic heterocycles. The highest BCUT2D eigenvalue weighted by Crippen LogP contribution is 2.34. The number of fused-ring (bicyclic) bond motifs is 1. The molecule has 1 atom stereocenters. The van der Waals surface area contributed by atoms with Crippen LogP contribution in [0.2, 0.25) is 0 Å². The Balaban J connectivity index is 1.86. The Kier molecular flexibility index (Phi) is 4.10. The minimum absolute atomic E-state index is 0.0204. The van der Waals surface area contributed by atoms with Gasteiger partial charge in [-0.2, -0.15) is 0 Å². The standard InChI is InChI=1S/C20H23F/c1-3-14-5-7-17-13-18(9-8-16(17)11-14)19-10-6-15(4-2)12-20(19)21/h5-7,10-12,18H,3-4,8-9,13H2,1-2H3. The van der Waals surface area contributed by atoms with E-state index in [0.29, 0.717) is 5.92 Å². The maximum atomic E-state index is 14.3. The van der Waals surface area contributed by atoms with E-state index in [1.54, 1.807) is 6.07 Å². The summed E-state index contributed by atoms with van der Waals surface area (Å²) in [5.41, 5.74) is 6.27. The van der Waals surface area contributed by atoms with Crippen molar-refractivity contribution in [2.24, 2.45) is 0 Å². The second kappa shape index (κ2) is 6.01. The van der Waals surface area contributed by atoms with E-state index in [1.165, 1.54) is 16.7 Å². The first-order valence-electron chi connectivity index (χ1n) is 8.10. The highest BCUT2D eigenvalue weighted by Gasteiger charge is 2.22. The van der Waals surface area contributed by atoms with Crippen molar-refractivity contribution in [3.8, 4) is 0 Å². The summed E-state index contributed by atoms with van der Waals surface area (Å²) in [4.78, 5) is 0. The maximum Gasteiger partial charge on any atom is 0.126 e. The van der Waals surface area contributed by atoms with E-state index in [1.807, 2.05) is 6.07 Å². The first kappa shape index (κ1) is 14.3. The zero-order valence-electron chi connectivity index (χ0n) is 13.0. The van der Waals surface area contributed by atoms with E-state index in [-0.39, 0.29) is 5.82 Å². The normalized spacial score (nSPS) is 17.6. The van der Waals surface area contributed by atoms with Crippen LogP contribution in [0.3, 0.4) is 0 Å². The lowest BCUT2D eigenvalue weighted by atomic mass is 9.79. The van der Waals surface area contributed by atoms with Gasteiger partial charge in [-0.1, -0.05) is 44.2 Å². The molecular weight excluding hydrogens is 259 g/mol. The van der Waals surface area contributed by atoms with E-state index in [0.717, 1.165) is 43.2 Å². The molecule has 0 saturated carbocycles. The molecule has 0 radical (unpaired) electrons. The number of benzene rings is 2. The SMILES string of the molecule is CCc1ccc(C2CCc3cc(CC)ccc3C2)c(F)c1.